The molecular formula is C21H20N2O3. The number of nitrogens with zero attached hydrogens (tertiary/aromatic N) is 2. The minimum atomic E-state index is -0.439. The first-order valence-corrected chi connectivity index (χ1v) is 8.78. The van der Waals surface area contributed by atoms with Crippen LogP contribution in [-0.4, -0.2) is 15.5 Å². The van der Waals surface area contributed by atoms with Gasteiger partial charge in [0.25, 0.3) is 5.56 Å². The number of aryl methyl sites for hydroxylation is 3. The van der Waals surface area contributed by atoms with E-state index in [9.17, 15) is 9.59 Å². The van der Waals surface area contributed by atoms with E-state index in [4.69, 9.17) is 4.74 Å². The SMILES string of the molecule is Cc1ccc(C)c(OC(=O)c2ccc3c(=O)n4c(nc3c2)CCC4)c1C. The van der Waals surface area contributed by atoms with Gasteiger partial charge in [-0.25, -0.2) is 9.78 Å². The molecule has 5 heteroatoms. The molecule has 0 aliphatic carbocycles. The molecule has 0 bridgehead atoms. The zero-order chi connectivity index (χ0) is 18.4. The molecule has 0 saturated carbocycles. The molecule has 1 aliphatic rings. The first-order valence-electron chi connectivity index (χ1n) is 8.78. The number of hydrogen-bond acceptors (Lipinski definition) is 4. The van der Waals surface area contributed by atoms with Crippen molar-refractivity contribution in [3.05, 3.63) is 68.8 Å². The third-order valence-corrected chi connectivity index (χ3v) is 5.12. The summed E-state index contributed by atoms with van der Waals surface area (Å²) in [6.45, 7) is 6.56. The summed E-state index contributed by atoms with van der Waals surface area (Å²) in [5, 5.41) is 0.537. The fourth-order valence-electron chi connectivity index (χ4n) is 3.44. The van der Waals surface area contributed by atoms with Crippen LogP contribution in [0.25, 0.3) is 10.9 Å². The third-order valence-electron chi connectivity index (χ3n) is 5.12. The van der Waals surface area contributed by atoms with E-state index < -0.39 is 5.97 Å². The van der Waals surface area contributed by atoms with E-state index in [2.05, 4.69) is 4.98 Å². The number of rotatable bonds is 2. The van der Waals surface area contributed by atoms with Crippen LogP contribution in [0.5, 0.6) is 5.75 Å². The average molecular weight is 348 g/mol. The molecule has 2 aromatic carbocycles. The minimum Gasteiger partial charge on any atom is -0.422 e. The van der Waals surface area contributed by atoms with Crippen LogP contribution >= 0.6 is 0 Å². The Labute approximate surface area is 151 Å². The van der Waals surface area contributed by atoms with Crippen molar-refractivity contribution in [1.29, 1.82) is 0 Å². The van der Waals surface area contributed by atoms with Gasteiger partial charge in [-0.3, -0.25) is 9.36 Å². The highest BCUT2D eigenvalue weighted by Gasteiger charge is 2.18. The van der Waals surface area contributed by atoms with Crippen molar-refractivity contribution in [3.8, 4) is 5.75 Å². The van der Waals surface area contributed by atoms with Crippen LogP contribution in [-0.2, 0) is 13.0 Å². The van der Waals surface area contributed by atoms with Gasteiger partial charge in [-0.05, 0) is 62.1 Å². The fourth-order valence-corrected chi connectivity index (χ4v) is 3.44. The van der Waals surface area contributed by atoms with Crippen LogP contribution in [0.3, 0.4) is 0 Å². The molecular weight excluding hydrogens is 328 g/mol. The van der Waals surface area contributed by atoms with Crippen LogP contribution < -0.4 is 10.3 Å². The highest BCUT2D eigenvalue weighted by atomic mass is 16.5. The Hall–Kier alpha value is -2.95. The second-order valence-corrected chi connectivity index (χ2v) is 6.86. The second kappa shape index (κ2) is 6.09. The highest BCUT2D eigenvalue weighted by molar-refractivity contribution is 5.95. The van der Waals surface area contributed by atoms with Crippen molar-refractivity contribution in [3.63, 3.8) is 0 Å². The maximum Gasteiger partial charge on any atom is 0.343 e. The molecule has 2 heterocycles. The summed E-state index contributed by atoms with van der Waals surface area (Å²) < 4.78 is 7.39. The van der Waals surface area contributed by atoms with Gasteiger partial charge in [0.1, 0.15) is 11.6 Å². The molecule has 1 aliphatic heterocycles. The molecule has 132 valence electrons. The van der Waals surface area contributed by atoms with Gasteiger partial charge in [0.15, 0.2) is 0 Å². The largest absolute Gasteiger partial charge is 0.422 e. The van der Waals surface area contributed by atoms with Crippen molar-refractivity contribution >= 4 is 16.9 Å². The first-order chi connectivity index (χ1) is 12.5. The van der Waals surface area contributed by atoms with Crippen molar-refractivity contribution in [2.24, 2.45) is 0 Å². The number of benzene rings is 2. The van der Waals surface area contributed by atoms with E-state index in [0.29, 0.717) is 28.8 Å². The molecule has 5 nitrogen and oxygen atoms in total. The lowest BCUT2D eigenvalue weighted by Gasteiger charge is -2.13. The van der Waals surface area contributed by atoms with Gasteiger partial charge < -0.3 is 4.74 Å². The molecule has 0 fully saturated rings. The topological polar surface area (TPSA) is 61.2 Å². The molecule has 0 spiro atoms. The van der Waals surface area contributed by atoms with Crippen LogP contribution in [0.1, 0.15) is 39.3 Å². The van der Waals surface area contributed by atoms with Crippen LogP contribution in [0, 0.1) is 20.8 Å². The zero-order valence-corrected chi connectivity index (χ0v) is 15.1. The summed E-state index contributed by atoms with van der Waals surface area (Å²) in [6, 6.07) is 8.91. The van der Waals surface area contributed by atoms with Gasteiger partial charge in [-0.2, -0.15) is 0 Å². The summed E-state index contributed by atoms with van der Waals surface area (Å²) in [5.74, 6) is 0.946. The number of aromatic nitrogens is 2. The highest BCUT2D eigenvalue weighted by Crippen LogP contribution is 2.27. The van der Waals surface area contributed by atoms with E-state index in [0.717, 1.165) is 35.4 Å². The standard InChI is InChI=1S/C21H20N2O3/c1-12-6-7-13(2)19(14(12)3)26-21(25)15-8-9-16-17(11-15)22-18-5-4-10-23(18)20(16)24/h6-9,11H,4-5,10H2,1-3H3. The summed E-state index contributed by atoms with van der Waals surface area (Å²) in [7, 11) is 0. The molecule has 0 amide bonds. The number of ether oxygens (including phenoxy) is 1. The van der Waals surface area contributed by atoms with E-state index in [-0.39, 0.29) is 5.56 Å². The lowest BCUT2D eigenvalue weighted by Crippen LogP contribution is -2.21. The Bertz CT molecular complexity index is 1110. The van der Waals surface area contributed by atoms with Crippen molar-refractivity contribution in [1.82, 2.24) is 9.55 Å². The van der Waals surface area contributed by atoms with Crippen LogP contribution in [0.2, 0.25) is 0 Å². The fraction of sp³-hybridized carbons (Fsp3) is 0.286. The Morgan fingerprint density at radius 1 is 1.12 bits per heavy atom. The third kappa shape index (κ3) is 2.60. The van der Waals surface area contributed by atoms with Gasteiger partial charge >= 0.3 is 5.97 Å². The zero-order valence-electron chi connectivity index (χ0n) is 15.1. The molecule has 0 saturated heterocycles. The van der Waals surface area contributed by atoms with Gasteiger partial charge in [-0.1, -0.05) is 12.1 Å². The van der Waals surface area contributed by atoms with Gasteiger partial charge in [0.05, 0.1) is 16.5 Å². The number of carbonyl (C=O) groups is 1. The minimum absolute atomic E-state index is 0.0345. The maximum absolute atomic E-state index is 12.7. The van der Waals surface area contributed by atoms with Crippen molar-refractivity contribution < 1.29 is 9.53 Å². The predicted molar refractivity (Wildman–Crippen MR) is 99.9 cm³/mol. The quantitative estimate of drug-likeness (QED) is 0.525. The van der Waals surface area contributed by atoms with Crippen LogP contribution in [0.4, 0.5) is 0 Å². The Kier molecular flexibility index (Phi) is 3.87. The number of carbonyl (C=O) groups excluding carboxylic acids is 1. The normalized spacial score (nSPS) is 13.0. The Morgan fingerprint density at radius 3 is 2.69 bits per heavy atom. The maximum atomic E-state index is 12.7. The predicted octanol–water partition coefficient (Wildman–Crippen LogP) is 3.49. The lowest BCUT2D eigenvalue weighted by atomic mass is 10.1. The lowest BCUT2D eigenvalue weighted by molar-refractivity contribution is 0.0732. The summed E-state index contributed by atoms with van der Waals surface area (Å²) in [4.78, 5) is 29.8. The first kappa shape index (κ1) is 16.5. The van der Waals surface area contributed by atoms with Gasteiger partial charge in [0, 0.05) is 13.0 Å². The molecule has 4 rings (SSSR count). The molecule has 1 aromatic heterocycles. The van der Waals surface area contributed by atoms with Gasteiger partial charge in [-0.15, -0.1) is 0 Å². The van der Waals surface area contributed by atoms with E-state index in [1.165, 1.54) is 0 Å². The van der Waals surface area contributed by atoms with Crippen LogP contribution in [0.15, 0.2) is 35.1 Å². The smallest absolute Gasteiger partial charge is 0.343 e. The number of hydrogen-bond donors (Lipinski definition) is 0. The second-order valence-electron chi connectivity index (χ2n) is 6.86. The Morgan fingerprint density at radius 2 is 1.88 bits per heavy atom. The summed E-state index contributed by atoms with van der Waals surface area (Å²) >= 11 is 0. The molecule has 3 aromatic rings. The Balaban J connectivity index is 1.73. The van der Waals surface area contributed by atoms with E-state index in [1.54, 1.807) is 22.8 Å². The molecule has 26 heavy (non-hydrogen) atoms. The summed E-state index contributed by atoms with van der Waals surface area (Å²) in [5.41, 5.74) is 3.85. The average Bonchev–Trinajstić information content (AvgIpc) is 3.10. The van der Waals surface area contributed by atoms with E-state index in [1.807, 2.05) is 32.9 Å². The molecule has 0 N–H and O–H groups in total. The number of fused-ring (bicyclic) bond motifs is 2. The molecule has 0 atom stereocenters. The molecule has 0 radical (unpaired) electrons. The monoisotopic (exact) mass is 348 g/mol. The number of esters is 1. The van der Waals surface area contributed by atoms with Gasteiger partial charge in [0.2, 0.25) is 0 Å². The van der Waals surface area contributed by atoms with Crippen molar-refractivity contribution in [2.75, 3.05) is 0 Å². The summed E-state index contributed by atoms with van der Waals surface area (Å²) in [6.07, 6.45) is 1.72. The van der Waals surface area contributed by atoms with Crippen molar-refractivity contribution in [2.45, 2.75) is 40.2 Å². The molecule has 0 unspecified atom stereocenters. The van der Waals surface area contributed by atoms with E-state index >= 15 is 0 Å².